The molecule has 2 N–H and O–H groups in total. The number of carbonyl (C=O) groups excluding carboxylic acids is 2. The van der Waals surface area contributed by atoms with Crippen LogP contribution >= 0.6 is 0 Å². The Morgan fingerprint density at radius 2 is 1.78 bits per heavy atom. The van der Waals surface area contributed by atoms with Gasteiger partial charge in [-0.15, -0.1) is 0 Å². The molecule has 0 bridgehead atoms. The number of anilines is 1. The minimum absolute atomic E-state index is 0.270. The molecule has 6 heteroatoms. The molecule has 0 aromatic heterocycles. The Kier molecular flexibility index (Phi) is 5.99. The standard InChI is InChI=1S/C17H18N2O4/c1-22-13-6-8-14(9-7-13)23-11-10-18-17(21)15-4-2-3-5-16(15)19-12-20/h2-9,12H,10-11H2,1H3,(H,18,21)(H,19,20). The SMILES string of the molecule is COc1ccc(OCCNC(=O)c2ccccc2NC=O)cc1. The first kappa shape index (κ1) is 16.4. The molecule has 2 aromatic rings. The highest BCUT2D eigenvalue weighted by Crippen LogP contribution is 2.17. The number of benzene rings is 2. The van der Waals surface area contributed by atoms with Crippen LogP contribution in [0.3, 0.4) is 0 Å². The summed E-state index contributed by atoms with van der Waals surface area (Å²) >= 11 is 0. The molecule has 0 saturated carbocycles. The Labute approximate surface area is 134 Å². The zero-order valence-electron chi connectivity index (χ0n) is 12.7. The summed E-state index contributed by atoms with van der Waals surface area (Å²) in [6.07, 6.45) is 0.541. The van der Waals surface area contributed by atoms with E-state index in [1.54, 1.807) is 55.6 Å². The molecule has 6 nitrogen and oxygen atoms in total. The van der Waals surface area contributed by atoms with Crippen molar-refractivity contribution in [2.24, 2.45) is 0 Å². The van der Waals surface area contributed by atoms with Gasteiger partial charge in [0.2, 0.25) is 6.41 Å². The second-order valence-electron chi connectivity index (χ2n) is 4.59. The molecule has 0 spiro atoms. The van der Waals surface area contributed by atoms with Crippen LogP contribution in [0.5, 0.6) is 11.5 Å². The Morgan fingerprint density at radius 1 is 1.09 bits per heavy atom. The molecule has 2 aromatic carbocycles. The highest BCUT2D eigenvalue weighted by Gasteiger charge is 2.09. The van der Waals surface area contributed by atoms with Crippen LogP contribution in [-0.4, -0.2) is 32.6 Å². The smallest absolute Gasteiger partial charge is 0.253 e. The normalized spacial score (nSPS) is 9.78. The zero-order valence-corrected chi connectivity index (χ0v) is 12.7. The molecule has 2 rings (SSSR count). The van der Waals surface area contributed by atoms with E-state index >= 15 is 0 Å². The van der Waals surface area contributed by atoms with Gasteiger partial charge in [0.05, 0.1) is 24.9 Å². The van der Waals surface area contributed by atoms with Crippen molar-refractivity contribution >= 4 is 18.0 Å². The maximum absolute atomic E-state index is 12.1. The lowest BCUT2D eigenvalue weighted by molar-refractivity contribution is -0.105. The van der Waals surface area contributed by atoms with Crippen LogP contribution in [0.4, 0.5) is 5.69 Å². The summed E-state index contributed by atoms with van der Waals surface area (Å²) in [7, 11) is 1.60. The molecule has 23 heavy (non-hydrogen) atoms. The number of nitrogens with one attached hydrogen (secondary N) is 2. The first-order valence-corrected chi connectivity index (χ1v) is 7.09. The average molecular weight is 314 g/mol. The zero-order chi connectivity index (χ0) is 16.5. The molecule has 0 heterocycles. The maximum Gasteiger partial charge on any atom is 0.253 e. The largest absolute Gasteiger partial charge is 0.497 e. The lowest BCUT2D eigenvalue weighted by Crippen LogP contribution is -2.28. The molecule has 2 amide bonds. The first-order chi connectivity index (χ1) is 11.2. The molecule has 0 saturated heterocycles. The summed E-state index contributed by atoms with van der Waals surface area (Å²) in [5, 5.41) is 5.25. The number of methoxy groups -OCH3 is 1. The second kappa shape index (κ2) is 8.43. The fourth-order valence-corrected chi connectivity index (χ4v) is 1.97. The second-order valence-corrected chi connectivity index (χ2v) is 4.59. The Balaban J connectivity index is 1.81. The maximum atomic E-state index is 12.1. The fourth-order valence-electron chi connectivity index (χ4n) is 1.97. The van der Waals surface area contributed by atoms with E-state index in [1.165, 1.54) is 0 Å². The molecule has 0 aliphatic heterocycles. The quantitative estimate of drug-likeness (QED) is 0.578. The summed E-state index contributed by atoms with van der Waals surface area (Å²) in [6.45, 7) is 0.682. The van der Waals surface area contributed by atoms with Gasteiger partial charge in [0.1, 0.15) is 18.1 Å². The van der Waals surface area contributed by atoms with Crippen LogP contribution in [-0.2, 0) is 4.79 Å². The van der Waals surface area contributed by atoms with Gasteiger partial charge in [0, 0.05) is 0 Å². The van der Waals surface area contributed by atoms with Crippen LogP contribution in [0.15, 0.2) is 48.5 Å². The Hall–Kier alpha value is -3.02. The van der Waals surface area contributed by atoms with Gasteiger partial charge in [-0.1, -0.05) is 12.1 Å². The number of para-hydroxylation sites is 1. The van der Waals surface area contributed by atoms with Crippen molar-refractivity contribution in [3.8, 4) is 11.5 Å². The topological polar surface area (TPSA) is 76.7 Å². The Morgan fingerprint density at radius 3 is 2.48 bits per heavy atom. The molecule has 0 radical (unpaired) electrons. The number of rotatable bonds is 8. The van der Waals surface area contributed by atoms with Crippen molar-refractivity contribution in [3.63, 3.8) is 0 Å². The third-order valence-electron chi connectivity index (χ3n) is 3.10. The minimum Gasteiger partial charge on any atom is -0.497 e. The van der Waals surface area contributed by atoms with Gasteiger partial charge in [-0.2, -0.15) is 0 Å². The van der Waals surface area contributed by atoms with Gasteiger partial charge in [-0.25, -0.2) is 0 Å². The van der Waals surface area contributed by atoms with Crippen molar-refractivity contribution in [3.05, 3.63) is 54.1 Å². The van der Waals surface area contributed by atoms with E-state index in [0.717, 1.165) is 5.75 Å². The van der Waals surface area contributed by atoms with Crippen molar-refractivity contribution in [2.75, 3.05) is 25.6 Å². The molecule has 0 aliphatic carbocycles. The van der Waals surface area contributed by atoms with Crippen molar-refractivity contribution in [1.29, 1.82) is 0 Å². The number of hydrogen-bond donors (Lipinski definition) is 2. The van der Waals surface area contributed by atoms with Gasteiger partial charge in [-0.05, 0) is 36.4 Å². The van der Waals surface area contributed by atoms with E-state index < -0.39 is 0 Å². The number of carbonyl (C=O) groups is 2. The van der Waals surface area contributed by atoms with Crippen molar-refractivity contribution < 1.29 is 19.1 Å². The number of hydrogen-bond acceptors (Lipinski definition) is 4. The van der Waals surface area contributed by atoms with Gasteiger partial charge in [0.25, 0.3) is 5.91 Å². The monoisotopic (exact) mass is 314 g/mol. The molecule has 0 aliphatic rings. The van der Waals surface area contributed by atoms with Gasteiger partial charge >= 0.3 is 0 Å². The number of ether oxygens (including phenoxy) is 2. The van der Waals surface area contributed by atoms with Crippen LogP contribution in [0.25, 0.3) is 0 Å². The van der Waals surface area contributed by atoms with E-state index in [2.05, 4.69) is 10.6 Å². The summed E-state index contributed by atoms with van der Waals surface area (Å²) in [5.41, 5.74) is 0.875. The fraction of sp³-hybridized carbons (Fsp3) is 0.176. The highest BCUT2D eigenvalue weighted by molar-refractivity contribution is 6.01. The van der Waals surface area contributed by atoms with Crippen molar-refractivity contribution in [1.82, 2.24) is 5.32 Å². The third-order valence-corrected chi connectivity index (χ3v) is 3.10. The first-order valence-electron chi connectivity index (χ1n) is 7.09. The molecular weight excluding hydrogens is 296 g/mol. The highest BCUT2D eigenvalue weighted by atomic mass is 16.5. The summed E-state index contributed by atoms with van der Waals surface area (Å²) in [6, 6.07) is 14.0. The van der Waals surface area contributed by atoms with Gasteiger partial charge in [-0.3, -0.25) is 9.59 Å². The van der Waals surface area contributed by atoms with E-state index in [9.17, 15) is 9.59 Å². The number of amides is 2. The molecular formula is C17H18N2O4. The molecule has 120 valence electrons. The summed E-state index contributed by atoms with van der Waals surface area (Å²) < 4.78 is 10.6. The van der Waals surface area contributed by atoms with Crippen molar-refractivity contribution in [2.45, 2.75) is 0 Å². The summed E-state index contributed by atoms with van der Waals surface area (Å²) in [4.78, 5) is 22.6. The minimum atomic E-state index is -0.270. The lowest BCUT2D eigenvalue weighted by Gasteiger charge is -2.10. The van der Waals surface area contributed by atoms with Gasteiger partial charge < -0.3 is 20.1 Å². The van der Waals surface area contributed by atoms with Gasteiger partial charge in [0.15, 0.2) is 0 Å². The van der Waals surface area contributed by atoms with E-state index in [1.807, 2.05) is 0 Å². The van der Waals surface area contributed by atoms with E-state index in [-0.39, 0.29) is 5.91 Å². The van der Waals surface area contributed by atoms with Crippen LogP contribution in [0, 0.1) is 0 Å². The molecule has 0 unspecified atom stereocenters. The molecule has 0 atom stereocenters. The van der Waals surface area contributed by atoms with Crippen LogP contribution in [0.1, 0.15) is 10.4 Å². The van der Waals surface area contributed by atoms with E-state index in [4.69, 9.17) is 9.47 Å². The van der Waals surface area contributed by atoms with Crippen LogP contribution in [0.2, 0.25) is 0 Å². The third kappa shape index (κ3) is 4.74. The predicted molar refractivity (Wildman–Crippen MR) is 87.0 cm³/mol. The summed E-state index contributed by atoms with van der Waals surface area (Å²) in [5.74, 6) is 1.18. The van der Waals surface area contributed by atoms with E-state index in [0.29, 0.717) is 36.6 Å². The average Bonchev–Trinajstić information content (AvgIpc) is 2.60. The van der Waals surface area contributed by atoms with Crippen LogP contribution < -0.4 is 20.1 Å². The molecule has 0 fully saturated rings. The predicted octanol–water partition coefficient (Wildman–Crippen LogP) is 2.07. The lowest BCUT2D eigenvalue weighted by atomic mass is 10.1. The Bertz CT molecular complexity index is 656.